The fraction of sp³-hybridized carbons (Fsp3) is 0.435. The fourth-order valence-corrected chi connectivity index (χ4v) is 4.64. The third kappa shape index (κ3) is 3.62. The molecule has 2 saturated heterocycles. The van der Waals surface area contributed by atoms with Crippen molar-refractivity contribution < 1.29 is 9.53 Å². The maximum atomic E-state index is 12.8. The molecule has 164 valence electrons. The normalized spacial score (nSPS) is 20.4. The van der Waals surface area contributed by atoms with Gasteiger partial charge in [-0.15, -0.1) is 0 Å². The third-order valence-corrected chi connectivity index (χ3v) is 5.98. The molecule has 2 bridgehead atoms. The summed E-state index contributed by atoms with van der Waals surface area (Å²) >= 11 is 0. The van der Waals surface area contributed by atoms with E-state index < -0.39 is 5.60 Å². The molecule has 0 aliphatic carbocycles. The van der Waals surface area contributed by atoms with Gasteiger partial charge in [0, 0.05) is 30.5 Å². The summed E-state index contributed by atoms with van der Waals surface area (Å²) in [6.45, 7) is 7.11. The molecular weight excluding hydrogens is 406 g/mol. The van der Waals surface area contributed by atoms with E-state index in [1.54, 1.807) is 18.6 Å². The highest BCUT2D eigenvalue weighted by molar-refractivity contribution is 5.92. The van der Waals surface area contributed by atoms with E-state index >= 15 is 0 Å². The number of carbonyl (C=O) groups excluding carboxylic acids is 1. The van der Waals surface area contributed by atoms with Crippen LogP contribution >= 0.6 is 0 Å². The number of amides is 1. The van der Waals surface area contributed by atoms with Gasteiger partial charge in [-0.25, -0.2) is 19.7 Å². The quantitative estimate of drug-likeness (QED) is 0.661. The molecule has 0 spiro atoms. The predicted molar refractivity (Wildman–Crippen MR) is 119 cm³/mol. The van der Waals surface area contributed by atoms with Crippen molar-refractivity contribution in [2.24, 2.45) is 0 Å². The van der Waals surface area contributed by atoms with Gasteiger partial charge in [0.15, 0.2) is 0 Å². The Morgan fingerprint density at radius 2 is 1.94 bits per heavy atom. The van der Waals surface area contributed by atoms with Crippen molar-refractivity contribution in [1.82, 2.24) is 24.8 Å². The van der Waals surface area contributed by atoms with Crippen molar-refractivity contribution >= 4 is 22.9 Å². The molecule has 0 saturated carbocycles. The highest BCUT2D eigenvalue weighted by atomic mass is 16.6. The molecule has 2 fully saturated rings. The van der Waals surface area contributed by atoms with Gasteiger partial charge in [-0.1, -0.05) is 0 Å². The second kappa shape index (κ2) is 7.48. The monoisotopic (exact) mass is 431 g/mol. The maximum absolute atomic E-state index is 12.8. The van der Waals surface area contributed by atoms with Crippen LogP contribution in [0.3, 0.4) is 0 Å². The highest BCUT2D eigenvalue weighted by Crippen LogP contribution is 2.36. The van der Waals surface area contributed by atoms with Crippen molar-refractivity contribution in [1.29, 1.82) is 5.26 Å². The number of H-pyrrole nitrogens is 1. The minimum Gasteiger partial charge on any atom is -0.444 e. The van der Waals surface area contributed by atoms with Crippen LogP contribution in [0.5, 0.6) is 0 Å². The minimum absolute atomic E-state index is 0.106. The summed E-state index contributed by atoms with van der Waals surface area (Å²) in [7, 11) is 0. The summed E-state index contributed by atoms with van der Waals surface area (Å²) in [5, 5.41) is 9.90. The van der Waals surface area contributed by atoms with Crippen molar-refractivity contribution in [2.75, 3.05) is 18.0 Å². The van der Waals surface area contributed by atoms with Crippen molar-refractivity contribution in [3.05, 3.63) is 36.4 Å². The molecule has 0 radical (unpaired) electrons. The van der Waals surface area contributed by atoms with Crippen LogP contribution in [0.15, 0.2) is 30.7 Å². The first-order valence-electron chi connectivity index (χ1n) is 10.8. The molecule has 3 aromatic heterocycles. The van der Waals surface area contributed by atoms with Gasteiger partial charge in [-0.3, -0.25) is 4.90 Å². The number of pyridine rings is 1. The number of carbonyl (C=O) groups is 1. The Labute approximate surface area is 186 Å². The molecule has 5 rings (SSSR count). The smallest absolute Gasteiger partial charge is 0.410 e. The second-order valence-corrected chi connectivity index (χ2v) is 9.36. The number of anilines is 1. The number of fused-ring (bicyclic) bond motifs is 3. The van der Waals surface area contributed by atoms with Crippen molar-refractivity contribution in [2.45, 2.75) is 51.3 Å². The molecule has 2 atom stereocenters. The lowest BCUT2D eigenvalue weighted by Gasteiger charge is -2.41. The molecule has 2 unspecified atom stereocenters. The Morgan fingerprint density at radius 3 is 2.56 bits per heavy atom. The topological polar surface area (TPSA) is 111 Å². The number of aromatic nitrogens is 4. The summed E-state index contributed by atoms with van der Waals surface area (Å²) in [6, 6.07) is 7.83. The first-order valence-corrected chi connectivity index (χ1v) is 10.8. The molecule has 5 heterocycles. The molecular formula is C23H25N7O2. The number of aromatic amines is 1. The average Bonchev–Trinajstić information content (AvgIpc) is 3.31. The maximum Gasteiger partial charge on any atom is 0.410 e. The lowest BCUT2D eigenvalue weighted by Crippen LogP contribution is -2.57. The van der Waals surface area contributed by atoms with E-state index in [2.05, 4.69) is 24.8 Å². The second-order valence-electron chi connectivity index (χ2n) is 9.36. The van der Waals surface area contributed by atoms with Crippen LogP contribution < -0.4 is 4.90 Å². The lowest BCUT2D eigenvalue weighted by atomic mass is 10.1. The van der Waals surface area contributed by atoms with Gasteiger partial charge in [0.2, 0.25) is 0 Å². The molecule has 2 aliphatic heterocycles. The van der Waals surface area contributed by atoms with Crippen LogP contribution in [-0.2, 0) is 4.74 Å². The largest absolute Gasteiger partial charge is 0.444 e. The summed E-state index contributed by atoms with van der Waals surface area (Å²) in [6.07, 6.45) is 4.94. The van der Waals surface area contributed by atoms with E-state index in [1.807, 2.05) is 43.9 Å². The van der Waals surface area contributed by atoms with E-state index in [9.17, 15) is 4.79 Å². The zero-order chi connectivity index (χ0) is 22.5. The SMILES string of the molecule is CC(C)(C)OC(=O)N1C2CCC1CN(c1ncnc3[nH]c(-c4ccc(C#N)nc4)cc13)C2. The average molecular weight is 432 g/mol. The van der Waals surface area contributed by atoms with Crippen LogP contribution in [0.2, 0.25) is 0 Å². The van der Waals surface area contributed by atoms with Gasteiger partial charge in [-0.2, -0.15) is 5.26 Å². The van der Waals surface area contributed by atoms with Crippen molar-refractivity contribution in [3.63, 3.8) is 0 Å². The number of ether oxygens (including phenoxy) is 1. The van der Waals surface area contributed by atoms with Gasteiger partial charge < -0.3 is 14.6 Å². The molecule has 9 nitrogen and oxygen atoms in total. The van der Waals surface area contributed by atoms with Gasteiger partial charge >= 0.3 is 6.09 Å². The Balaban J connectivity index is 1.42. The zero-order valence-electron chi connectivity index (χ0n) is 18.4. The van der Waals surface area contributed by atoms with E-state index in [4.69, 9.17) is 10.00 Å². The van der Waals surface area contributed by atoms with Crippen molar-refractivity contribution in [3.8, 4) is 17.3 Å². The number of hydrogen-bond acceptors (Lipinski definition) is 7. The number of rotatable bonds is 2. The molecule has 32 heavy (non-hydrogen) atoms. The van der Waals surface area contributed by atoms with Crippen LogP contribution in [-0.4, -0.2) is 61.7 Å². The van der Waals surface area contributed by atoms with Gasteiger partial charge in [0.25, 0.3) is 0 Å². The Hall–Kier alpha value is -3.67. The summed E-state index contributed by atoms with van der Waals surface area (Å²) in [5.41, 5.74) is 2.37. The van der Waals surface area contributed by atoms with Gasteiger partial charge in [-0.05, 0) is 51.8 Å². The van der Waals surface area contributed by atoms with Gasteiger partial charge in [0.05, 0.1) is 17.5 Å². The number of hydrogen-bond donors (Lipinski definition) is 1. The number of nitriles is 1. The van der Waals surface area contributed by atoms with Crippen LogP contribution in [0.25, 0.3) is 22.3 Å². The minimum atomic E-state index is -0.506. The van der Waals surface area contributed by atoms with E-state index in [0.29, 0.717) is 18.8 Å². The molecule has 3 aromatic rings. The molecule has 2 aliphatic rings. The number of nitrogens with zero attached hydrogens (tertiary/aromatic N) is 6. The predicted octanol–water partition coefficient (Wildman–Crippen LogP) is 3.48. The first kappa shape index (κ1) is 20.2. The van der Waals surface area contributed by atoms with E-state index in [1.165, 1.54) is 0 Å². The molecule has 1 N–H and O–H groups in total. The van der Waals surface area contributed by atoms with E-state index in [-0.39, 0.29) is 18.2 Å². The summed E-state index contributed by atoms with van der Waals surface area (Å²) in [5.74, 6) is 0.861. The third-order valence-electron chi connectivity index (χ3n) is 5.98. The lowest BCUT2D eigenvalue weighted by molar-refractivity contribution is 0.0123. The Bertz CT molecular complexity index is 1190. The Kier molecular flexibility index (Phi) is 4.73. The first-order chi connectivity index (χ1) is 15.3. The number of piperazine rings is 1. The molecule has 1 amide bonds. The molecule has 9 heteroatoms. The van der Waals surface area contributed by atoms with E-state index in [0.717, 1.165) is 41.0 Å². The van der Waals surface area contributed by atoms with Gasteiger partial charge in [0.1, 0.15) is 35.2 Å². The number of nitrogens with one attached hydrogen (secondary N) is 1. The molecule has 0 aromatic carbocycles. The zero-order valence-corrected chi connectivity index (χ0v) is 18.4. The summed E-state index contributed by atoms with van der Waals surface area (Å²) < 4.78 is 5.65. The Morgan fingerprint density at radius 1 is 1.19 bits per heavy atom. The van der Waals surface area contributed by atoms with Crippen LogP contribution in [0.4, 0.5) is 10.6 Å². The standard InChI is InChI=1S/C23H25N7O2/c1-23(2,3)32-22(31)30-16-6-7-17(30)12-29(11-16)21-18-8-19(28-20(18)26-13-27-21)14-4-5-15(9-24)25-10-14/h4-5,8,10,13,16-17H,6-7,11-12H2,1-3H3,(H,26,27,28). The highest BCUT2D eigenvalue weighted by Gasteiger charge is 2.44. The summed E-state index contributed by atoms with van der Waals surface area (Å²) in [4.78, 5) is 33.4. The van der Waals surface area contributed by atoms with Crippen LogP contribution in [0, 0.1) is 11.3 Å². The fourth-order valence-electron chi connectivity index (χ4n) is 4.64. The van der Waals surface area contributed by atoms with Crippen LogP contribution in [0.1, 0.15) is 39.3 Å².